The lowest BCUT2D eigenvalue weighted by Gasteiger charge is -2.12. The average Bonchev–Trinajstić information content (AvgIpc) is 3.07. The molecule has 0 aliphatic rings. The van der Waals surface area contributed by atoms with Crippen molar-refractivity contribution in [3.63, 3.8) is 0 Å². The maximum Gasteiger partial charge on any atom is 0.434 e. The molecule has 0 fully saturated rings. The van der Waals surface area contributed by atoms with Gasteiger partial charge in [-0.1, -0.05) is 18.2 Å². The summed E-state index contributed by atoms with van der Waals surface area (Å²) >= 11 is 0.962. The molecule has 26 heavy (non-hydrogen) atoms. The lowest BCUT2D eigenvalue weighted by atomic mass is 10.1. The van der Waals surface area contributed by atoms with Crippen LogP contribution in [-0.4, -0.2) is 31.6 Å². The van der Waals surface area contributed by atoms with E-state index in [-0.39, 0.29) is 30.5 Å². The van der Waals surface area contributed by atoms with Gasteiger partial charge in [0.1, 0.15) is 10.8 Å². The van der Waals surface area contributed by atoms with E-state index < -0.39 is 11.9 Å². The molecule has 10 heteroatoms. The number of thiazole rings is 1. The van der Waals surface area contributed by atoms with Crippen LogP contribution >= 0.6 is 35.3 Å². The van der Waals surface area contributed by atoms with Crippen molar-refractivity contribution in [2.45, 2.75) is 19.1 Å². The molecule has 0 unspecified atom stereocenters. The first-order chi connectivity index (χ1) is 11.9. The van der Waals surface area contributed by atoms with Crippen LogP contribution in [0.2, 0.25) is 0 Å². The molecule has 0 spiro atoms. The van der Waals surface area contributed by atoms with E-state index in [1.807, 2.05) is 24.3 Å². The first-order valence-corrected chi connectivity index (χ1v) is 8.40. The van der Waals surface area contributed by atoms with Gasteiger partial charge in [-0.05, 0) is 18.1 Å². The first-order valence-electron chi connectivity index (χ1n) is 7.52. The second-order valence-corrected chi connectivity index (χ2v) is 5.98. The maximum atomic E-state index is 12.5. The van der Waals surface area contributed by atoms with E-state index in [1.54, 1.807) is 14.2 Å². The molecule has 2 N–H and O–H groups in total. The van der Waals surface area contributed by atoms with E-state index in [4.69, 9.17) is 4.74 Å². The van der Waals surface area contributed by atoms with Gasteiger partial charge in [-0.2, -0.15) is 13.2 Å². The zero-order valence-electron chi connectivity index (χ0n) is 14.3. The Bertz CT molecular complexity index is 722. The number of halogens is 4. The van der Waals surface area contributed by atoms with Gasteiger partial charge in [0.2, 0.25) is 0 Å². The average molecular weight is 500 g/mol. The Labute approximate surface area is 171 Å². The normalized spacial score (nSPS) is 11.7. The molecule has 2 aromatic rings. The van der Waals surface area contributed by atoms with Crippen molar-refractivity contribution < 1.29 is 17.9 Å². The Balaban J connectivity index is 0.00000338. The third-order valence-electron chi connectivity index (χ3n) is 3.35. The van der Waals surface area contributed by atoms with E-state index in [0.29, 0.717) is 17.5 Å². The highest BCUT2D eigenvalue weighted by Crippen LogP contribution is 2.29. The van der Waals surface area contributed by atoms with Gasteiger partial charge in [0, 0.05) is 19.0 Å². The summed E-state index contributed by atoms with van der Waals surface area (Å²) in [6, 6.07) is 7.71. The standard InChI is InChI=1S/C16H19F3N4OS.HI/c1-20-15(21-8-7-11-5-3-4-6-12(11)24-2)22-9-14-23-13(10-25-14)16(17,18)19;/h3-6,10H,7-9H2,1-2H3,(H2,20,21,22);1H. The number of methoxy groups -OCH3 is 1. The molecule has 0 saturated heterocycles. The van der Waals surface area contributed by atoms with Crippen molar-refractivity contribution in [1.29, 1.82) is 0 Å². The molecule has 1 heterocycles. The van der Waals surface area contributed by atoms with Crippen molar-refractivity contribution in [1.82, 2.24) is 15.6 Å². The molecule has 0 aliphatic carbocycles. The molecule has 2 rings (SSSR count). The number of benzene rings is 1. The summed E-state index contributed by atoms with van der Waals surface area (Å²) in [5, 5.41) is 7.42. The first kappa shape index (κ1) is 22.5. The van der Waals surface area contributed by atoms with Gasteiger partial charge in [-0.3, -0.25) is 4.99 Å². The van der Waals surface area contributed by atoms with Gasteiger partial charge in [0.25, 0.3) is 0 Å². The molecule has 1 aromatic carbocycles. The zero-order chi connectivity index (χ0) is 18.3. The predicted molar refractivity (Wildman–Crippen MR) is 107 cm³/mol. The minimum atomic E-state index is -4.41. The lowest BCUT2D eigenvalue weighted by Crippen LogP contribution is -2.37. The minimum Gasteiger partial charge on any atom is -0.496 e. The number of ether oxygens (including phenoxy) is 1. The summed E-state index contributed by atoms with van der Waals surface area (Å²) in [6.45, 7) is 0.779. The molecule has 144 valence electrons. The van der Waals surface area contributed by atoms with Crippen molar-refractivity contribution in [2.24, 2.45) is 4.99 Å². The molecule has 0 atom stereocenters. The second kappa shape index (κ2) is 10.6. The Kier molecular flexibility index (Phi) is 9.13. The molecule has 0 radical (unpaired) electrons. The summed E-state index contributed by atoms with van der Waals surface area (Å²) in [5.74, 6) is 1.31. The van der Waals surface area contributed by atoms with Crippen molar-refractivity contribution in [3.8, 4) is 5.75 Å². The van der Waals surface area contributed by atoms with Gasteiger partial charge in [-0.25, -0.2) is 4.98 Å². The molecule has 0 amide bonds. The number of para-hydroxylation sites is 1. The fourth-order valence-corrected chi connectivity index (χ4v) is 2.87. The zero-order valence-corrected chi connectivity index (χ0v) is 17.4. The van der Waals surface area contributed by atoms with E-state index in [1.165, 1.54) is 0 Å². The summed E-state index contributed by atoms with van der Waals surface area (Å²) in [5.41, 5.74) is 0.191. The van der Waals surface area contributed by atoms with Crippen LogP contribution in [0.15, 0.2) is 34.6 Å². The van der Waals surface area contributed by atoms with Gasteiger partial charge in [-0.15, -0.1) is 35.3 Å². The van der Waals surface area contributed by atoms with Crippen molar-refractivity contribution in [2.75, 3.05) is 20.7 Å². The molecular formula is C16H20F3IN4OS. The van der Waals surface area contributed by atoms with Gasteiger partial charge >= 0.3 is 6.18 Å². The molecule has 5 nitrogen and oxygen atoms in total. The summed E-state index contributed by atoms with van der Waals surface area (Å²) in [4.78, 5) is 7.62. The van der Waals surface area contributed by atoms with Crippen molar-refractivity contribution in [3.05, 3.63) is 45.9 Å². The highest BCUT2D eigenvalue weighted by atomic mass is 127. The quantitative estimate of drug-likeness (QED) is 0.361. The van der Waals surface area contributed by atoms with E-state index in [2.05, 4.69) is 20.6 Å². The number of nitrogens with zero attached hydrogens (tertiary/aromatic N) is 2. The fraction of sp³-hybridized carbons (Fsp3) is 0.375. The number of hydrogen-bond acceptors (Lipinski definition) is 4. The van der Waals surface area contributed by atoms with Crippen LogP contribution in [0, 0.1) is 0 Å². The Hall–Kier alpha value is -1.56. The molecule has 0 bridgehead atoms. The number of aromatic nitrogens is 1. The van der Waals surface area contributed by atoms with E-state index >= 15 is 0 Å². The van der Waals surface area contributed by atoms with Crippen LogP contribution in [0.1, 0.15) is 16.3 Å². The molecule has 1 aromatic heterocycles. The Morgan fingerprint density at radius 3 is 2.62 bits per heavy atom. The third-order valence-corrected chi connectivity index (χ3v) is 4.20. The topological polar surface area (TPSA) is 58.5 Å². The molecule has 0 aliphatic heterocycles. The van der Waals surface area contributed by atoms with Gasteiger partial charge in [0.15, 0.2) is 11.7 Å². The van der Waals surface area contributed by atoms with Crippen LogP contribution in [-0.2, 0) is 19.1 Å². The number of hydrogen-bond donors (Lipinski definition) is 2. The predicted octanol–water partition coefficient (Wildman–Crippen LogP) is 3.70. The number of nitrogens with one attached hydrogen (secondary N) is 2. The van der Waals surface area contributed by atoms with Crippen LogP contribution in [0.5, 0.6) is 5.75 Å². The minimum absolute atomic E-state index is 0. The van der Waals surface area contributed by atoms with Crippen LogP contribution in [0.25, 0.3) is 0 Å². The molecule has 0 saturated carbocycles. The Morgan fingerprint density at radius 2 is 2.00 bits per heavy atom. The SMILES string of the molecule is CN=C(NCCc1ccccc1OC)NCc1nc(C(F)(F)F)cs1.I. The van der Waals surface area contributed by atoms with E-state index in [0.717, 1.165) is 34.5 Å². The lowest BCUT2D eigenvalue weighted by molar-refractivity contribution is -0.140. The maximum absolute atomic E-state index is 12.5. The number of guanidine groups is 1. The van der Waals surface area contributed by atoms with E-state index in [9.17, 15) is 13.2 Å². The van der Waals surface area contributed by atoms with Gasteiger partial charge in [0.05, 0.1) is 13.7 Å². The third kappa shape index (κ3) is 6.63. The number of aliphatic imine (C=N–C) groups is 1. The second-order valence-electron chi connectivity index (χ2n) is 5.04. The van der Waals surface area contributed by atoms with Crippen LogP contribution in [0.3, 0.4) is 0 Å². The monoisotopic (exact) mass is 500 g/mol. The molecular weight excluding hydrogens is 480 g/mol. The van der Waals surface area contributed by atoms with Crippen LogP contribution < -0.4 is 15.4 Å². The van der Waals surface area contributed by atoms with Gasteiger partial charge < -0.3 is 15.4 Å². The summed E-state index contributed by atoms with van der Waals surface area (Å²) < 4.78 is 42.9. The fourth-order valence-electron chi connectivity index (χ4n) is 2.13. The number of rotatable bonds is 6. The Morgan fingerprint density at radius 1 is 1.27 bits per heavy atom. The smallest absolute Gasteiger partial charge is 0.434 e. The summed E-state index contributed by atoms with van der Waals surface area (Å²) in [7, 11) is 3.22. The van der Waals surface area contributed by atoms with Crippen LogP contribution in [0.4, 0.5) is 13.2 Å². The highest BCUT2D eigenvalue weighted by molar-refractivity contribution is 14.0. The summed E-state index contributed by atoms with van der Waals surface area (Å²) in [6.07, 6.45) is -3.69. The number of alkyl halides is 3. The van der Waals surface area contributed by atoms with Crippen molar-refractivity contribution >= 4 is 41.3 Å². The largest absolute Gasteiger partial charge is 0.496 e. The highest BCUT2D eigenvalue weighted by Gasteiger charge is 2.33.